The van der Waals surface area contributed by atoms with Crippen molar-refractivity contribution in [1.82, 2.24) is 10.9 Å². The number of benzene rings is 1. The maximum absolute atomic E-state index is 11.9. The molecule has 1 aromatic rings. The molecule has 19 heavy (non-hydrogen) atoms. The number of halogens is 2. The molecule has 1 aromatic carbocycles. The van der Waals surface area contributed by atoms with Crippen LogP contribution in [0.15, 0.2) is 12.1 Å². The largest absolute Gasteiger partial charge is 0.290 e. The smallest absolute Gasteiger partial charge is 0.287 e. The van der Waals surface area contributed by atoms with Crippen molar-refractivity contribution in [1.29, 1.82) is 0 Å². The molecule has 0 bridgehead atoms. The van der Waals surface area contributed by atoms with Gasteiger partial charge in [-0.15, -0.1) is 0 Å². The van der Waals surface area contributed by atoms with Crippen LogP contribution in [0.5, 0.6) is 0 Å². The second kappa shape index (κ2) is 5.73. The lowest BCUT2D eigenvalue weighted by atomic mass is 10.1. The molecule has 0 radical (unpaired) electrons. The fourth-order valence-electron chi connectivity index (χ4n) is 1.18. The van der Waals surface area contributed by atoms with E-state index in [0.29, 0.717) is 0 Å². The average Bonchev–Trinajstić information content (AvgIpc) is 2.27. The third kappa shape index (κ3) is 4.34. The lowest BCUT2D eigenvalue weighted by molar-refractivity contribution is -0.384. The van der Waals surface area contributed by atoms with Gasteiger partial charge in [0.1, 0.15) is 5.02 Å². The van der Waals surface area contributed by atoms with E-state index < -0.39 is 16.5 Å². The van der Waals surface area contributed by atoms with Gasteiger partial charge in [0.05, 0.1) is 10.5 Å². The number of amides is 1. The number of nitrogens with one attached hydrogen (secondary N) is 2. The zero-order valence-electron chi connectivity index (χ0n) is 10.6. The van der Waals surface area contributed by atoms with Crippen LogP contribution >= 0.6 is 23.2 Å². The molecule has 2 N–H and O–H groups in total. The molecule has 0 aliphatic heterocycles. The van der Waals surface area contributed by atoms with Crippen molar-refractivity contribution in [2.45, 2.75) is 26.3 Å². The summed E-state index contributed by atoms with van der Waals surface area (Å²) in [6, 6.07) is 2.37. The van der Waals surface area contributed by atoms with E-state index in [1.54, 1.807) is 0 Å². The second-order valence-electron chi connectivity index (χ2n) is 4.87. The van der Waals surface area contributed by atoms with Crippen LogP contribution in [0.3, 0.4) is 0 Å². The molecule has 0 spiro atoms. The monoisotopic (exact) mass is 305 g/mol. The number of nitro groups is 1. The minimum atomic E-state index is -0.692. The number of nitrogens with zero attached hydrogens (tertiary/aromatic N) is 1. The molecule has 0 aliphatic rings. The first-order chi connectivity index (χ1) is 8.61. The van der Waals surface area contributed by atoms with Crippen LogP contribution in [0.2, 0.25) is 10.0 Å². The summed E-state index contributed by atoms with van der Waals surface area (Å²) < 4.78 is 0. The summed E-state index contributed by atoms with van der Waals surface area (Å²) in [6.07, 6.45) is 0. The van der Waals surface area contributed by atoms with Gasteiger partial charge in [0.15, 0.2) is 0 Å². The lowest BCUT2D eigenvalue weighted by Crippen LogP contribution is -2.48. The number of hydrogen-bond donors (Lipinski definition) is 2. The van der Waals surface area contributed by atoms with Crippen molar-refractivity contribution in [3.8, 4) is 0 Å². The Balaban J connectivity index is 3.07. The highest BCUT2D eigenvalue weighted by Crippen LogP contribution is 2.31. The van der Waals surface area contributed by atoms with Gasteiger partial charge < -0.3 is 0 Å². The molecule has 0 unspecified atom stereocenters. The average molecular weight is 306 g/mol. The molecule has 0 aromatic heterocycles. The molecule has 0 saturated heterocycles. The summed E-state index contributed by atoms with van der Waals surface area (Å²) in [6.45, 7) is 5.53. The highest BCUT2D eigenvalue weighted by molar-refractivity contribution is 6.37. The van der Waals surface area contributed by atoms with Gasteiger partial charge in [-0.25, -0.2) is 5.43 Å². The SMILES string of the molecule is CC(C)(C)NNC(=O)c1cc(Cl)cc([N+](=O)[O-])c1Cl. The van der Waals surface area contributed by atoms with E-state index in [-0.39, 0.29) is 21.1 Å². The van der Waals surface area contributed by atoms with E-state index in [1.165, 1.54) is 6.07 Å². The standard InChI is InChI=1S/C11H13Cl2N3O3/c1-11(2,3)15-14-10(17)7-4-6(12)5-8(9(7)13)16(18)19/h4-5,15H,1-3H3,(H,14,17). The number of carbonyl (C=O) groups is 1. The van der Waals surface area contributed by atoms with Crippen LogP contribution in [0.25, 0.3) is 0 Å². The Kier molecular flexibility index (Phi) is 4.73. The van der Waals surface area contributed by atoms with Gasteiger partial charge in [-0.3, -0.25) is 20.3 Å². The summed E-state index contributed by atoms with van der Waals surface area (Å²) in [5.41, 5.74) is 4.34. The topological polar surface area (TPSA) is 84.3 Å². The second-order valence-corrected chi connectivity index (χ2v) is 5.69. The van der Waals surface area contributed by atoms with E-state index in [0.717, 1.165) is 6.07 Å². The van der Waals surface area contributed by atoms with Crippen LogP contribution in [0.4, 0.5) is 5.69 Å². The van der Waals surface area contributed by atoms with Crippen molar-refractivity contribution in [2.75, 3.05) is 0 Å². The van der Waals surface area contributed by atoms with E-state index >= 15 is 0 Å². The van der Waals surface area contributed by atoms with Crippen molar-refractivity contribution in [3.05, 3.63) is 37.9 Å². The summed E-state index contributed by atoms with van der Waals surface area (Å²) in [4.78, 5) is 22.0. The Hall–Kier alpha value is -1.37. The van der Waals surface area contributed by atoms with Crippen LogP contribution < -0.4 is 10.9 Å². The molecule has 8 heteroatoms. The molecular weight excluding hydrogens is 293 g/mol. The first-order valence-corrected chi connectivity index (χ1v) is 6.08. The highest BCUT2D eigenvalue weighted by atomic mass is 35.5. The third-order valence-corrected chi connectivity index (χ3v) is 2.63. The first kappa shape index (κ1) is 15.7. The molecule has 1 amide bonds. The molecule has 6 nitrogen and oxygen atoms in total. The number of nitro benzene ring substituents is 1. The molecule has 0 atom stereocenters. The van der Waals surface area contributed by atoms with Crippen LogP contribution in [0.1, 0.15) is 31.1 Å². The summed E-state index contributed by atoms with van der Waals surface area (Å²) >= 11 is 11.6. The molecule has 0 heterocycles. The van der Waals surface area contributed by atoms with E-state index in [1.807, 2.05) is 20.8 Å². The Morgan fingerprint density at radius 1 is 1.32 bits per heavy atom. The first-order valence-electron chi connectivity index (χ1n) is 5.33. The number of carbonyl (C=O) groups excluding carboxylic acids is 1. The molecule has 1 rings (SSSR count). The molecule has 0 saturated carbocycles. The van der Waals surface area contributed by atoms with E-state index in [2.05, 4.69) is 10.9 Å². The fraction of sp³-hybridized carbons (Fsp3) is 0.364. The van der Waals surface area contributed by atoms with Crippen molar-refractivity contribution in [3.63, 3.8) is 0 Å². The van der Waals surface area contributed by atoms with E-state index in [4.69, 9.17) is 23.2 Å². The zero-order chi connectivity index (χ0) is 14.8. The summed E-state index contributed by atoms with van der Waals surface area (Å²) in [7, 11) is 0. The highest BCUT2D eigenvalue weighted by Gasteiger charge is 2.22. The van der Waals surface area contributed by atoms with Gasteiger partial charge in [-0.1, -0.05) is 23.2 Å². The maximum Gasteiger partial charge on any atom is 0.290 e. The maximum atomic E-state index is 11.9. The van der Waals surface area contributed by atoms with Crippen molar-refractivity contribution >= 4 is 34.8 Å². The Morgan fingerprint density at radius 3 is 2.37 bits per heavy atom. The predicted molar refractivity (Wildman–Crippen MR) is 73.5 cm³/mol. The number of hydrogen-bond acceptors (Lipinski definition) is 4. The van der Waals surface area contributed by atoms with Gasteiger partial charge in [0, 0.05) is 16.6 Å². The van der Waals surface area contributed by atoms with Crippen LogP contribution in [-0.4, -0.2) is 16.4 Å². The van der Waals surface area contributed by atoms with Crippen LogP contribution in [-0.2, 0) is 0 Å². The molecule has 0 aliphatic carbocycles. The Bertz CT molecular complexity index is 527. The van der Waals surface area contributed by atoms with Gasteiger partial charge >= 0.3 is 0 Å². The lowest BCUT2D eigenvalue weighted by Gasteiger charge is -2.21. The summed E-state index contributed by atoms with van der Waals surface area (Å²) in [5, 5.41) is 10.6. The predicted octanol–water partition coefficient (Wildman–Crippen LogP) is 2.93. The van der Waals surface area contributed by atoms with Gasteiger partial charge in [-0.05, 0) is 26.8 Å². The Morgan fingerprint density at radius 2 is 1.89 bits per heavy atom. The quantitative estimate of drug-likeness (QED) is 0.664. The third-order valence-electron chi connectivity index (χ3n) is 2.01. The van der Waals surface area contributed by atoms with Crippen molar-refractivity contribution in [2.24, 2.45) is 0 Å². The molecular formula is C11H13Cl2N3O3. The van der Waals surface area contributed by atoms with Crippen molar-refractivity contribution < 1.29 is 9.72 Å². The minimum absolute atomic E-state index is 0.0578. The normalized spacial score (nSPS) is 11.2. The minimum Gasteiger partial charge on any atom is -0.287 e. The fourth-order valence-corrected chi connectivity index (χ4v) is 1.66. The molecule has 104 valence electrons. The Labute approximate surface area is 120 Å². The van der Waals surface area contributed by atoms with Gasteiger partial charge in [0.2, 0.25) is 0 Å². The van der Waals surface area contributed by atoms with E-state index in [9.17, 15) is 14.9 Å². The number of rotatable bonds is 3. The molecule has 0 fully saturated rings. The number of hydrazine groups is 1. The van der Waals surface area contributed by atoms with Gasteiger partial charge in [-0.2, -0.15) is 0 Å². The summed E-state index contributed by atoms with van der Waals surface area (Å²) in [5.74, 6) is -0.592. The zero-order valence-corrected chi connectivity index (χ0v) is 12.1. The van der Waals surface area contributed by atoms with Gasteiger partial charge in [0.25, 0.3) is 11.6 Å². The van der Waals surface area contributed by atoms with Crippen LogP contribution in [0, 0.1) is 10.1 Å².